The molecule has 1 N–H and O–H groups in total. The number of hydrogen-bond donors (Lipinski definition) is 1. The van der Waals surface area contributed by atoms with Crippen LogP contribution in [-0.2, 0) is 13.6 Å². The van der Waals surface area contributed by atoms with Crippen LogP contribution in [0.25, 0.3) is 0 Å². The molecule has 5 nitrogen and oxygen atoms in total. The summed E-state index contributed by atoms with van der Waals surface area (Å²) in [7, 11) is 1.87. The first-order chi connectivity index (χ1) is 8.09. The minimum absolute atomic E-state index is 0.223. The summed E-state index contributed by atoms with van der Waals surface area (Å²) < 4.78 is 15.4. The first-order valence-electron chi connectivity index (χ1n) is 5.28. The quantitative estimate of drug-likeness (QED) is 0.877. The zero-order valence-corrected chi connectivity index (χ0v) is 10.0. The normalized spacial score (nSPS) is 10.6. The molecule has 0 aliphatic rings. The minimum atomic E-state index is -0.408. The third-order valence-corrected chi connectivity index (χ3v) is 2.75. The largest absolute Gasteiger partial charge is 0.363 e. The van der Waals surface area contributed by atoms with E-state index in [4.69, 9.17) is 0 Å². The van der Waals surface area contributed by atoms with Crippen molar-refractivity contribution in [2.75, 3.05) is 5.32 Å². The van der Waals surface area contributed by atoms with E-state index in [9.17, 15) is 4.39 Å². The van der Waals surface area contributed by atoms with Crippen LogP contribution in [0.1, 0.15) is 17.0 Å². The number of halogens is 1. The molecule has 2 rings (SSSR count). The molecule has 0 unspecified atom stereocenters. The molecule has 0 aliphatic carbocycles. The van der Waals surface area contributed by atoms with Gasteiger partial charge in [-0.1, -0.05) is 0 Å². The average Bonchev–Trinajstić information content (AvgIpc) is 2.62. The number of anilines is 1. The van der Waals surface area contributed by atoms with Crippen molar-refractivity contribution >= 4 is 5.82 Å². The molecule has 2 heterocycles. The zero-order valence-electron chi connectivity index (χ0n) is 10.0. The van der Waals surface area contributed by atoms with Gasteiger partial charge in [0.25, 0.3) is 0 Å². The van der Waals surface area contributed by atoms with Crippen LogP contribution in [0.2, 0.25) is 0 Å². The summed E-state index contributed by atoms with van der Waals surface area (Å²) in [6.07, 6.45) is 3.10. The third kappa shape index (κ3) is 2.25. The number of hydrogen-bond acceptors (Lipinski definition) is 4. The van der Waals surface area contributed by atoms with Crippen LogP contribution in [0, 0.1) is 19.7 Å². The van der Waals surface area contributed by atoms with E-state index in [1.54, 1.807) is 17.8 Å². The fraction of sp³-hybridized carbons (Fsp3) is 0.364. The number of nitrogens with zero attached hydrogens (tertiary/aromatic N) is 4. The van der Waals surface area contributed by atoms with E-state index in [0.29, 0.717) is 12.2 Å². The Morgan fingerprint density at radius 3 is 2.76 bits per heavy atom. The molecule has 90 valence electrons. The summed E-state index contributed by atoms with van der Waals surface area (Å²) in [4.78, 5) is 7.64. The predicted molar refractivity (Wildman–Crippen MR) is 62.0 cm³/mol. The SMILES string of the molecule is Cc1ncnc(NCc2cnn(C)c2C)c1F. The minimum Gasteiger partial charge on any atom is -0.363 e. The molecule has 0 fully saturated rings. The standard InChI is InChI=1S/C11H14FN5/c1-7-10(12)11(15-6-14-7)13-4-9-5-16-17(3)8(9)2/h5-6H,4H2,1-3H3,(H,13,14,15). The first-order valence-corrected chi connectivity index (χ1v) is 5.28. The van der Waals surface area contributed by atoms with E-state index in [-0.39, 0.29) is 5.82 Å². The predicted octanol–water partition coefficient (Wildman–Crippen LogP) is 1.58. The highest BCUT2D eigenvalue weighted by molar-refractivity contribution is 5.38. The number of nitrogens with one attached hydrogen (secondary N) is 1. The van der Waals surface area contributed by atoms with Gasteiger partial charge < -0.3 is 5.32 Å². The summed E-state index contributed by atoms with van der Waals surface area (Å²) in [5, 5.41) is 7.06. The lowest BCUT2D eigenvalue weighted by Crippen LogP contribution is -2.06. The Morgan fingerprint density at radius 2 is 2.12 bits per heavy atom. The molecule has 0 spiro atoms. The lowest BCUT2D eigenvalue weighted by Gasteiger charge is -2.06. The molecule has 0 atom stereocenters. The molecule has 6 heteroatoms. The highest BCUT2D eigenvalue weighted by Gasteiger charge is 2.08. The second kappa shape index (κ2) is 4.48. The summed E-state index contributed by atoms with van der Waals surface area (Å²) in [6.45, 7) is 4.07. The monoisotopic (exact) mass is 235 g/mol. The van der Waals surface area contributed by atoms with E-state index in [0.717, 1.165) is 11.3 Å². The molecule has 0 amide bonds. The first kappa shape index (κ1) is 11.5. The number of rotatable bonds is 3. The van der Waals surface area contributed by atoms with Crippen LogP contribution in [0.15, 0.2) is 12.5 Å². The van der Waals surface area contributed by atoms with Gasteiger partial charge in [0.05, 0.1) is 11.9 Å². The van der Waals surface area contributed by atoms with Gasteiger partial charge in [-0.25, -0.2) is 14.4 Å². The third-order valence-electron chi connectivity index (χ3n) is 2.75. The molecular formula is C11H14FN5. The Kier molecular flexibility index (Phi) is 3.03. The Morgan fingerprint density at radius 1 is 1.35 bits per heavy atom. The highest BCUT2D eigenvalue weighted by atomic mass is 19.1. The van der Waals surface area contributed by atoms with Gasteiger partial charge in [-0.2, -0.15) is 5.10 Å². The Labute approximate surface area is 98.7 Å². The lowest BCUT2D eigenvalue weighted by molar-refractivity contribution is 0.604. The highest BCUT2D eigenvalue weighted by Crippen LogP contribution is 2.14. The Hall–Kier alpha value is -1.98. The smallest absolute Gasteiger partial charge is 0.186 e. The van der Waals surface area contributed by atoms with E-state index < -0.39 is 5.82 Å². The van der Waals surface area contributed by atoms with E-state index in [2.05, 4.69) is 20.4 Å². The van der Waals surface area contributed by atoms with Crippen molar-refractivity contribution in [1.29, 1.82) is 0 Å². The van der Waals surface area contributed by atoms with E-state index in [1.807, 2.05) is 14.0 Å². The van der Waals surface area contributed by atoms with Gasteiger partial charge >= 0.3 is 0 Å². The molecule has 17 heavy (non-hydrogen) atoms. The van der Waals surface area contributed by atoms with Gasteiger partial charge in [-0.15, -0.1) is 0 Å². The molecule has 0 radical (unpaired) electrons. The zero-order chi connectivity index (χ0) is 12.4. The summed E-state index contributed by atoms with van der Waals surface area (Å²) in [5.74, 6) is -0.185. The summed E-state index contributed by atoms with van der Waals surface area (Å²) in [6, 6.07) is 0. The molecule has 0 saturated carbocycles. The fourth-order valence-electron chi connectivity index (χ4n) is 1.48. The maximum Gasteiger partial charge on any atom is 0.186 e. The van der Waals surface area contributed by atoms with Crippen LogP contribution in [-0.4, -0.2) is 19.7 Å². The average molecular weight is 235 g/mol. The molecule has 2 aromatic heterocycles. The molecule has 2 aromatic rings. The van der Waals surface area contributed by atoms with Gasteiger partial charge in [-0.3, -0.25) is 4.68 Å². The molecule has 0 aromatic carbocycles. The number of aryl methyl sites for hydroxylation is 2. The van der Waals surface area contributed by atoms with Crippen molar-refractivity contribution in [1.82, 2.24) is 19.7 Å². The molecule has 0 saturated heterocycles. The summed E-state index contributed by atoms with van der Waals surface area (Å²) >= 11 is 0. The molecule has 0 aliphatic heterocycles. The van der Waals surface area contributed by atoms with Crippen molar-refractivity contribution in [3.8, 4) is 0 Å². The van der Waals surface area contributed by atoms with Gasteiger partial charge in [-0.05, 0) is 13.8 Å². The van der Waals surface area contributed by atoms with E-state index in [1.165, 1.54) is 6.33 Å². The molecule has 0 bridgehead atoms. The van der Waals surface area contributed by atoms with Crippen molar-refractivity contribution in [2.45, 2.75) is 20.4 Å². The topological polar surface area (TPSA) is 55.6 Å². The van der Waals surface area contributed by atoms with Crippen molar-refractivity contribution in [3.63, 3.8) is 0 Å². The van der Waals surface area contributed by atoms with Crippen LogP contribution in [0.5, 0.6) is 0 Å². The second-order valence-electron chi connectivity index (χ2n) is 3.85. The van der Waals surface area contributed by atoms with Crippen LogP contribution >= 0.6 is 0 Å². The number of aromatic nitrogens is 4. The van der Waals surface area contributed by atoms with Crippen molar-refractivity contribution in [3.05, 3.63) is 35.3 Å². The van der Waals surface area contributed by atoms with Gasteiger partial charge in [0, 0.05) is 24.8 Å². The van der Waals surface area contributed by atoms with Gasteiger partial charge in [0.2, 0.25) is 0 Å². The van der Waals surface area contributed by atoms with Crippen LogP contribution in [0.4, 0.5) is 10.2 Å². The van der Waals surface area contributed by atoms with Crippen molar-refractivity contribution in [2.24, 2.45) is 7.05 Å². The lowest BCUT2D eigenvalue weighted by atomic mass is 10.2. The maximum absolute atomic E-state index is 13.6. The summed E-state index contributed by atoms with van der Waals surface area (Å²) in [5.41, 5.74) is 2.40. The van der Waals surface area contributed by atoms with Crippen molar-refractivity contribution < 1.29 is 4.39 Å². The van der Waals surface area contributed by atoms with Crippen LogP contribution < -0.4 is 5.32 Å². The Bertz CT molecular complexity index is 535. The maximum atomic E-state index is 13.6. The van der Waals surface area contributed by atoms with Crippen LogP contribution in [0.3, 0.4) is 0 Å². The van der Waals surface area contributed by atoms with Gasteiger partial charge in [0.15, 0.2) is 11.6 Å². The Balaban J connectivity index is 2.13. The molecular weight excluding hydrogens is 221 g/mol. The second-order valence-corrected chi connectivity index (χ2v) is 3.85. The fourth-order valence-corrected chi connectivity index (χ4v) is 1.48. The van der Waals surface area contributed by atoms with E-state index >= 15 is 0 Å². The van der Waals surface area contributed by atoms with Gasteiger partial charge in [0.1, 0.15) is 6.33 Å².